The molecule has 7 nitrogen and oxygen atoms in total. The number of carbonyl (C=O) groups excluding carboxylic acids is 2. The van der Waals surface area contributed by atoms with Gasteiger partial charge < -0.3 is 9.80 Å². The third kappa shape index (κ3) is 4.74. The third-order valence-electron chi connectivity index (χ3n) is 5.69. The van der Waals surface area contributed by atoms with Crippen LogP contribution in [0.25, 0.3) is 10.9 Å². The van der Waals surface area contributed by atoms with Crippen LogP contribution >= 0.6 is 0 Å². The number of aromatic amines is 1. The van der Waals surface area contributed by atoms with E-state index in [0.29, 0.717) is 45.0 Å². The van der Waals surface area contributed by atoms with Gasteiger partial charge >= 0.3 is 0 Å². The van der Waals surface area contributed by atoms with E-state index in [9.17, 15) is 14.0 Å². The van der Waals surface area contributed by atoms with E-state index in [1.807, 2.05) is 37.3 Å². The highest BCUT2D eigenvalue weighted by Gasteiger charge is 2.26. The maximum atomic E-state index is 13.4. The van der Waals surface area contributed by atoms with Gasteiger partial charge in [-0.1, -0.05) is 30.3 Å². The Morgan fingerprint density at radius 2 is 1.87 bits per heavy atom. The predicted molar refractivity (Wildman–Crippen MR) is 116 cm³/mol. The van der Waals surface area contributed by atoms with Crippen molar-refractivity contribution in [3.63, 3.8) is 0 Å². The smallest absolute Gasteiger partial charge is 0.275 e. The van der Waals surface area contributed by atoms with Gasteiger partial charge in [0.25, 0.3) is 5.91 Å². The minimum absolute atomic E-state index is 0.00448. The molecule has 1 N–H and O–H groups in total. The lowest BCUT2D eigenvalue weighted by Crippen LogP contribution is -2.51. The fourth-order valence-corrected chi connectivity index (χ4v) is 3.91. The summed E-state index contributed by atoms with van der Waals surface area (Å²) in [7, 11) is 0. The Morgan fingerprint density at radius 3 is 2.61 bits per heavy atom. The zero-order valence-electron chi connectivity index (χ0n) is 17.6. The fourth-order valence-electron chi connectivity index (χ4n) is 3.91. The van der Waals surface area contributed by atoms with E-state index in [-0.39, 0.29) is 24.2 Å². The lowest BCUT2D eigenvalue weighted by molar-refractivity contribution is -0.133. The minimum atomic E-state index is -0.300. The summed E-state index contributed by atoms with van der Waals surface area (Å²) in [6, 6.07) is 13.9. The van der Waals surface area contributed by atoms with Crippen LogP contribution in [0.15, 0.2) is 48.5 Å². The van der Waals surface area contributed by atoms with Gasteiger partial charge in [0, 0.05) is 44.7 Å². The van der Waals surface area contributed by atoms with Gasteiger partial charge in [0.2, 0.25) is 5.91 Å². The first kappa shape index (κ1) is 21.0. The van der Waals surface area contributed by atoms with Crippen LogP contribution in [0, 0.1) is 5.82 Å². The Morgan fingerprint density at radius 1 is 1.10 bits per heavy atom. The molecular weight excluding hydrogens is 397 g/mol. The molecule has 2 amide bonds. The van der Waals surface area contributed by atoms with Crippen LogP contribution in [0.4, 0.5) is 4.39 Å². The van der Waals surface area contributed by atoms with Crippen LogP contribution < -0.4 is 0 Å². The molecule has 2 aromatic carbocycles. The maximum Gasteiger partial charge on any atom is 0.275 e. The lowest BCUT2D eigenvalue weighted by atomic mass is 10.2. The Balaban J connectivity index is 1.32. The van der Waals surface area contributed by atoms with Crippen molar-refractivity contribution in [2.24, 2.45) is 0 Å². The van der Waals surface area contributed by atoms with E-state index in [2.05, 4.69) is 15.1 Å². The summed E-state index contributed by atoms with van der Waals surface area (Å²) in [5, 5.41) is 7.93. The average Bonchev–Trinajstić information content (AvgIpc) is 3.21. The number of hydrogen-bond donors (Lipinski definition) is 1. The second-order valence-corrected chi connectivity index (χ2v) is 7.72. The molecule has 31 heavy (non-hydrogen) atoms. The molecule has 0 atom stereocenters. The van der Waals surface area contributed by atoms with E-state index in [1.165, 1.54) is 12.1 Å². The van der Waals surface area contributed by atoms with Crippen molar-refractivity contribution in [3.8, 4) is 0 Å². The number of likely N-dealkylation sites (N-methyl/N-ethyl adjacent to an activating group) is 1. The van der Waals surface area contributed by atoms with Crippen molar-refractivity contribution in [3.05, 3.63) is 65.6 Å². The van der Waals surface area contributed by atoms with Crippen molar-refractivity contribution in [2.45, 2.75) is 13.5 Å². The molecule has 8 heteroatoms. The van der Waals surface area contributed by atoms with Gasteiger partial charge in [-0.25, -0.2) is 4.39 Å². The monoisotopic (exact) mass is 423 g/mol. The third-order valence-corrected chi connectivity index (χ3v) is 5.69. The second kappa shape index (κ2) is 9.26. The van der Waals surface area contributed by atoms with Gasteiger partial charge in [-0.2, -0.15) is 5.10 Å². The molecule has 1 aliphatic heterocycles. The van der Waals surface area contributed by atoms with E-state index in [1.54, 1.807) is 15.9 Å². The summed E-state index contributed by atoms with van der Waals surface area (Å²) in [4.78, 5) is 31.3. The Bertz CT molecular complexity index is 1070. The summed E-state index contributed by atoms with van der Waals surface area (Å²) in [5.74, 6) is -0.388. The van der Waals surface area contributed by atoms with Crippen LogP contribution in [0.3, 0.4) is 0 Å². The Kier molecular flexibility index (Phi) is 6.27. The van der Waals surface area contributed by atoms with Crippen LogP contribution in [0.5, 0.6) is 0 Å². The number of carbonyl (C=O) groups is 2. The average molecular weight is 423 g/mol. The lowest BCUT2D eigenvalue weighted by Gasteiger charge is -2.35. The molecule has 1 fully saturated rings. The number of nitrogens with one attached hydrogen (secondary N) is 1. The summed E-state index contributed by atoms with van der Waals surface area (Å²) in [6.07, 6.45) is 0. The summed E-state index contributed by atoms with van der Waals surface area (Å²) in [5.41, 5.74) is 2.05. The van der Waals surface area contributed by atoms with Crippen molar-refractivity contribution in [1.29, 1.82) is 0 Å². The number of para-hydroxylation sites is 1. The number of nitrogens with zero attached hydrogens (tertiary/aromatic N) is 4. The first-order chi connectivity index (χ1) is 15.0. The standard InChI is InChI=1S/C23H26FN5O2/c1-2-28(15-17-6-5-7-18(24)14-17)21(30)16-27-10-12-29(13-11-27)23(31)22-19-8-3-4-9-20(19)25-26-22/h3-9,14H,2,10-13,15-16H2,1H3,(H,25,26). The molecule has 0 spiro atoms. The fraction of sp³-hybridized carbons (Fsp3) is 0.348. The van der Waals surface area contributed by atoms with Gasteiger partial charge in [0.1, 0.15) is 5.82 Å². The Labute approximate surface area is 180 Å². The van der Waals surface area contributed by atoms with Crippen LogP contribution in [0.1, 0.15) is 23.0 Å². The second-order valence-electron chi connectivity index (χ2n) is 7.72. The van der Waals surface area contributed by atoms with Crippen molar-refractivity contribution in [1.82, 2.24) is 24.9 Å². The number of H-pyrrole nitrogens is 1. The van der Waals surface area contributed by atoms with Gasteiger partial charge in [-0.05, 0) is 30.7 Å². The molecule has 2 heterocycles. The molecule has 0 saturated carbocycles. The molecule has 1 aromatic heterocycles. The number of piperazine rings is 1. The first-order valence-corrected chi connectivity index (χ1v) is 10.5. The van der Waals surface area contributed by atoms with Crippen LogP contribution in [0.2, 0.25) is 0 Å². The highest BCUT2D eigenvalue weighted by atomic mass is 19.1. The zero-order valence-corrected chi connectivity index (χ0v) is 17.6. The molecule has 0 bridgehead atoms. The molecule has 0 unspecified atom stereocenters. The summed E-state index contributed by atoms with van der Waals surface area (Å²) in [6.45, 7) is 5.48. The highest BCUT2D eigenvalue weighted by Crippen LogP contribution is 2.18. The number of aromatic nitrogens is 2. The normalized spacial score (nSPS) is 14.7. The Hall–Kier alpha value is -3.26. The summed E-state index contributed by atoms with van der Waals surface area (Å²) >= 11 is 0. The van der Waals surface area contributed by atoms with E-state index in [0.717, 1.165) is 16.5 Å². The highest BCUT2D eigenvalue weighted by molar-refractivity contribution is 6.04. The molecule has 162 valence electrons. The molecule has 1 saturated heterocycles. The number of benzene rings is 2. The SMILES string of the molecule is CCN(Cc1cccc(F)c1)C(=O)CN1CCN(C(=O)c2n[nH]c3ccccc23)CC1. The van der Waals surface area contributed by atoms with Crippen LogP contribution in [-0.4, -0.2) is 76.0 Å². The minimum Gasteiger partial charge on any atom is -0.338 e. The van der Waals surface area contributed by atoms with Crippen molar-refractivity contribution >= 4 is 22.7 Å². The molecule has 3 aromatic rings. The summed E-state index contributed by atoms with van der Waals surface area (Å²) < 4.78 is 13.4. The van der Waals surface area contributed by atoms with Crippen molar-refractivity contribution < 1.29 is 14.0 Å². The van der Waals surface area contributed by atoms with E-state index >= 15 is 0 Å². The van der Waals surface area contributed by atoms with E-state index in [4.69, 9.17) is 0 Å². The number of fused-ring (bicyclic) bond motifs is 1. The number of amides is 2. The first-order valence-electron chi connectivity index (χ1n) is 10.5. The van der Waals surface area contributed by atoms with Crippen LogP contribution in [-0.2, 0) is 11.3 Å². The topological polar surface area (TPSA) is 72.5 Å². The molecule has 4 rings (SSSR count). The molecule has 0 radical (unpaired) electrons. The van der Waals surface area contributed by atoms with Gasteiger partial charge in [0.15, 0.2) is 5.69 Å². The van der Waals surface area contributed by atoms with Gasteiger partial charge in [-0.15, -0.1) is 0 Å². The number of rotatable bonds is 6. The predicted octanol–water partition coefficient (Wildman–Crippen LogP) is 2.51. The van der Waals surface area contributed by atoms with Crippen molar-refractivity contribution in [2.75, 3.05) is 39.3 Å². The molecular formula is C23H26FN5O2. The van der Waals surface area contributed by atoms with E-state index < -0.39 is 0 Å². The van der Waals surface area contributed by atoms with Gasteiger partial charge in [0.05, 0.1) is 12.1 Å². The van der Waals surface area contributed by atoms with Gasteiger partial charge in [-0.3, -0.25) is 19.6 Å². The number of halogens is 1. The quantitative estimate of drug-likeness (QED) is 0.661. The largest absolute Gasteiger partial charge is 0.338 e. The zero-order chi connectivity index (χ0) is 21.8. The number of hydrogen-bond acceptors (Lipinski definition) is 4. The maximum absolute atomic E-state index is 13.4. The molecule has 0 aliphatic carbocycles. The molecule has 1 aliphatic rings.